The van der Waals surface area contributed by atoms with Gasteiger partial charge in [0, 0.05) is 0 Å². The van der Waals surface area contributed by atoms with Crippen LogP contribution in [-0.2, 0) is 5.41 Å². The Morgan fingerprint density at radius 2 is 1.28 bits per heavy atom. The van der Waals surface area contributed by atoms with Gasteiger partial charge in [0.2, 0.25) is 0 Å². The van der Waals surface area contributed by atoms with Crippen molar-refractivity contribution in [1.82, 2.24) is 0 Å². The Labute approximate surface area is 181 Å². The first-order valence-corrected chi connectivity index (χ1v) is 11.4. The molecule has 0 nitrogen and oxygen atoms in total. The van der Waals surface area contributed by atoms with Gasteiger partial charge in [-0.15, -0.1) is 0 Å². The molecule has 2 aromatic carbocycles. The Balaban J connectivity index is 0.000000284. The van der Waals surface area contributed by atoms with Crippen molar-refractivity contribution >= 4 is 0 Å². The van der Waals surface area contributed by atoms with E-state index in [2.05, 4.69) is 96.7 Å². The van der Waals surface area contributed by atoms with Crippen LogP contribution in [0.15, 0.2) is 66.7 Å². The van der Waals surface area contributed by atoms with Crippen molar-refractivity contribution in [1.29, 1.82) is 0 Å². The van der Waals surface area contributed by atoms with Crippen molar-refractivity contribution < 1.29 is 0 Å². The van der Waals surface area contributed by atoms with Gasteiger partial charge < -0.3 is 0 Å². The summed E-state index contributed by atoms with van der Waals surface area (Å²) < 4.78 is 0. The molecule has 0 aromatic heterocycles. The maximum Gasteiger partial charge on any atom is -0.0132 e. The summed E-state index contributed by atoms with van der Waals surface area (Å²) in [6, 6.07) is 19.3. The predicted octanol–water partition coefficient (Wildman–Crippen LogP) is 9.46. The molecule has 160 valence electrons. The first-order chi connectivity index (χ1) is 13.6. The highest BCUT2D eigenvalue weighted by Crippen LogP contribution is 2.39. The fourth-order valence-corrected chi connectivity index (χ4v) is 3.68. The fourth-order valence-electron chi connectivity index (χ4n) is 3.68. The SMILES string of the molecule is C=C1CCCC(C(C)(C)C)C1.CC.CC(C)(C)c1ccc(-c2ccccc2)cc1. The molecule has 0 amide bonds. The Morgan fingerprint density at radius 1 is 0.759 bits per heavy atom. The minimum atomic E-state index is 0.231. The summed E-state index contributed by atoms with van der Waals surface area (Å²) >= 11 is 0. The van der Waals surface area contributed by atoms with E-state index >= 15 is 0 Å². The Hall–Kier alpha value is -1.82. The molecule has 0 saturated heterocycles. The number of hydrogen-bond donors (Lipinski definition) is 0. The average Bonchev–Trinajstić information content (AvgIpc) is 2.70. The maximum atomic E-state index is 4.08. The molecule has 0 heterocycles. The van der Waals surface area contributed by atoms with Crippen LogP contribution in [0.2, 0.25) is 0 Å². The Bertz CT molecular complexity index is 705. The number of benzene rings is 2. The van der Waals surface area contributed by atoms with Crippen molar-refractivity contribution in [2.24, 2.45) is 11.3 Å². The predicted molar refractivity (Wildman–Crippen MR) is 132 cm³/mol. The molecule has 0 spiro atoms. The third kappa shape index (κ3) is 8.60. The molecule has 0 radical (unpaired) electrons. The molecule has 0 N–H and O–H groups in total. The largest absolute Gasteiger partial charge is 0.0999 e. The van der Waals surface area contributed by atoms with Crippen molar-refractivity contribution in [2.45, 2.75) is 86.5 Å². The van der Waals surface area contributed by atoms with Gasteiger partial charge in [-0.1, -0.05) is 122 Å². The van der Waals surface area contributed by atoms with Crippen LogP contribution in [0.25, 0.3) is 11.1 Å². The third-order valence-corrected chi connectivity index (χ3v) is 5.70. The molecule has 0 aliphatic heterocycles. The van der Waals surface area contributed by atoms with Gasteiger partial charge in [0.15, 0.2) is 0 Å². The van der Waals surface area contributed by atoms with Crippen LogP contribution in [0.1, 0.15) is 86.6 Å². The van der Waals surface area contributed by atoms with Crippen LogP contribution >= 0.6 is 0 Å². The summed E-state index contributed by atoms with van der Waals surface area (Å²) in [4.78, 5) is 0. The van der Waals surface area contributed by atoms with Gasteiger partial charge >= 0.3 is 0 Å². The fraction of sp³-hybridized carbons (Fsp3) is 0.517. The summed E-state index contributed by atoms with van der Waals surface area (Å²) in [5.41, 5.74) is 6.14. The van der Waals surface area contributed by atoms with E-state index in [4.69, 9.17) is 0 Å². The summed E-state index contributed by atoms with van der Waals surface area (Å²) in [5.74, 6) is 0.878. The summed E-state index contributed by atoms with van der Waals surface area (Å²) in [7, 11) is 0. The van der Waals surface area contributed by atoms with Crippen LogP contribution in [0.4, 0.5) is 0 Å². The molecule has 2 aromatic rings. The second kappa shape index (κ2) is 11.4. The second-order valence-corrected chi connectivity index (χ2v) is 10.1. The van der Waals surface area contributed by atoms with Gasteiger partial charge in [0.05, 0.1) is 0 Å². The molecule has 29 heavy (non-hydrogen) atoms. The van der Waals surface area contributed by atoms with E-state index in [0.29, 0.717) is 5.41 Å². The summed E-state index contributed by atoms with van der Waals surface area (Å²) in [5, 5.41) is 0. The molecule has 1 aliphatic carbocycles. The van der Waals surface area contributed by atoms with Crippen LogP contribution in [0.3, 0.4) is 0 Å². The smallest absolute Gasteiger partial charge is 0.0132 e. The van der Waals surface area contributed by atoms with Gasteiger partial charge in [-0.3, -0.25) is 0 Å². The van der Waals surface area contributed by atoms with E-state index in [1.807, 2.05) is 19.9 Å². The molecule has 0 bridgehead atoms. The molecule has 1 saturated carbocycles. The monoisotopic (exact) mass is 392 g/mol. The lowest BCUT2D eigenvalue weighted by atomic mass is 9.71. The van der Waals surface area contributed by atoms with E-state index in [9.17, 15) is 0 Å². The average molecular weight is 393 g/mol. The highest BCUT2D eigenvalue weighted by molar-refractivity contribution is 5.63. The lowest BCUT2D eigenvalue weighted by Crippen LogP contribution is -2.23. The van der Waals surface area contributed by atoms with Gasteiger partial charge in [-0.25, -0.2) is 0 Å². The van der Waals surface area contributed by atoms with Crippen LogP contribution in [-0.4, -0.2) is 0 Å². The summed E-state index contributed by atoms with van der Waals surface area (Å²) in [6.07, 6.45) is 5.30. The van der Waals surface area contributed by atoms with Crippen LogP contribution in [0, 0.1) is 11.3 Å². The maximum absolute atomic E-state index is 4.08. The highest BCUT2D eigenvalue weighted by atomic mass is 14.3. The second-order valence-electron chi connectivity index (χ2n) is 10.1. The number of hydrogen-bond acceptors (Lipinski definition) is 0. The summed E-state index contributed by atoms with van der Waals surface area (Å²) in [6.45, 7) is 21.8. The van der Waals surface area contributed by atoms with Crippen molar-refractivity contribution in [3.8, 4) is 11.1 Å². The lowest BCUT2D eigenvalue weighted by molar-refractivity contribution is 0.204. The van der Waals surface area contributed by atoms with Gasteiger partial charge in [0.25, 0.3) is 0 Å². The Morgan fingerprint density at radius 3 is 1.69 bits per heavy atom. The van der Waals surface area contributed by atoms with E-state index in [1.54, 1.807) is 0 Å². The van der Waals surface area contributed by atoms with Gasteiger partial charge in [-0.05, 0) is 59.1 Å². The van der Waals surface area contributed by atoms with E-state index in [1.165, 1.54) is 47.9 Å². The van der Waals surface area contributed by atoms with Crippen LogP contribution in [0.5, 0.6) is 0 Å². The molecule has 1 aliphatic rings. The zero-order valence-corrected chi connectivity index (χ0v) is 20.3. The first-order valence-electron chi connectivity index (χ1n) is 11.4. The molecular weight excluding hydrogens is 348 g/mol. The van der Waals surface area contributed by atoms with Gasteiger partial charge in [0.1, 0.15) is 0 Å². The number of allylic oxidation sites excluding steroid dienone is 1. The first kappa shape index (κ1) is 25.2. The van der Waals surface area contributed by atoms with E-state index in [-0.39, 0.29) is 5.41 Å². The molecule has 1 fully saturated rings. The van der Waals surface area contributed by atoms with Crippen LogP contribution < -0.4 is 0 Å². The third-order valence-electron chi connectivity index (χ3n) is 5.70. The number of rotatable bonds is 1. The molecular formula is C29H44. The van der Waals surface area contributed by atoms with E-state index in [0.717, 1.165) is 5.92 Å². The van der Waals surface area contributed by atoms with Crippen molar-refractivity contribution in [3.05, 3.63) is 72.3 Å². The van der Waals surface area contributed by atoms with E-state index < -0.39 is 0 Å². The molecule has 1 atom stereocenters. The zero-order chi connectivity index (χ0) is 22.1. The standard InChI is InChI=1S/C16H18.C11H20.C2H6/c1-16(2,3)15-11-9-14(10-12-15)13-7-5-4-6-8-13;1-9-6-5-7-10(8-9)11(2,3)4;1-2/h4-12H,1-3H3;10H,1,5-8H2,2-4H3;1-2H3. The van der Waals surface area contributed by atoms with Crippen molar-refractivity contribution in [2.75, 3.05) is 0 Å². The molecule has 0 heteroatoms. The highest BCUT2D eigenvalue weighted by Gasteiger charge is 2.27. The normalized spacial score (nSPS) is 16.8. The quantitative estimate of drug-likeness (QED) is 0.424. The van der Waals surface area contributed by atoms with Gasteiger partial charge in [-0.2, -0.15) is 0 Å². The van der Waals surface area contributed by atoms with Crippen molar-refractivity contribution in [3.63, 3.8) is 0 Å². The Kier molecular flexibility index (Phi) is 9.90. The lowest BCUT2D eigenvalue weighted by Gasteiger charge is -2.34. The minimum Gasteiger partial charge on any atom is -0.0999 e. The molecule has 3 rings (SSSR count). The zero-order valence-electron chi connectivity index (χ0n) is 20.3. The molecule has 1 unspecified atom stereocenters. The minimum absolute atomic E-state index is 0.231. The topological polar surface area (TPSA) is 0 Å².